The fourth-order valence-electron chi connectivity index (χ4n) is 1.65. The van der Waals surface area contributed by atoms with Gasteiger partial charge in [0.1, 0.15) is 5.15 Å². The van der Waals surface area contributed by atoms with Gasteiger partial charge in [-0.3, -0.25) is 4.79 Å². The predicted octanol–water partition coefficient (Wildman–Crippen LogP) is 1.55. The van der Waals surface area contributed by atoms with Gasteiger partial charge >= 0.3 is 0 Å². The van der Waals surface area contributed by atoms with Gasteiger partial charge < -0.3 is 10.4 Å². The van der Waals surface area contributed by atoms with Gasteiger partial charge in [0, 0.05) is 11.3 Å². The molecule has 0 bridgehead atoms. The first-order chi connectivity index (χ1) is 8.08. The van der Waals surface area contributed by atoms with Crippen molar-refractivity contribution in [1.29, 1.82) is 0 Å². The lowest BCUT2D eigenvalue weighted by atomic mass is 10.1. The molecule has 0 saturated heterocycles. The number of aliphatic hydroxyl groups excluding tert-OH is 1. The summed E-state index contributed by atoms with van der Waals surface area (Å²) in [5.41, 5.74) is 0.886. The van der Waals surface area contributed by atoms with Crippen LogP contribution in [0.15, 0.2) is 12.1 Å². The Kier molecular flexibility index (Phi) is 3.35. The number of rotatable bonds is 4. The summed E-state index contributed by atoms with van der Waals surface area (Å²) in [4.78, 5) is 16.1. The third kappa shape index (κ3) is 2.76. The fourth-order valence-corrected chi connectivity index (χ4v) is 1.88. The quantitative estimate of drug-likeness (QED) is 0.802. The molecule has 1 fully saturated rings. The molecular formula is C12H15ClN2O2. The second-order valence-corrected chi connectivity index (χ2v) is 4.80. The maximum atomic E-state index is 12.0. The van der Waals surface area contributed by atoms with Crippen LogP contribution in [0.5, 0.6) is 0 Å². The van der Waals surface area contributed by atoms with Gasteiger partial charge in [-0.15, -0.1) is 0 Å². The zero-order chi connectivity index (χ0) is 12.5. The van der Waals surface area contributed by atoms with Gasteiger partial charge in [-0.1, -0.05) is 18.5 Å². The van der Waals surface area contributed by atoms with Crippen LogP contribution in [0.25, 0.3) is 0 Å². The molecule has 0 spiro atoms. The van der Waals surface area contributed by atoms with Crippen LogP contribution >= 0.6 is 11.6 Å². The lowest BCUT2D eigenvalue weighted by Gasteiger charge is -2.14. The average molecular weight is 255 g/mol. The van der Waals surface area contributed by atoms with Crippen molar-refractivity contribution in [2.75, 3.05) is 6.61 Å². The second-order valence-electron chi connectivity index (χ2n) is 4.42. The molecule has 1 heterocycles. The normalized spacial score (nSPS) is 16.6. The highest BCUT2D eigenvalue weighted by molar-refractivity contribution is 6.29. The molecule has 92 valence electrons. The molecule has 2 rings (SSSR count). The summed E-state index contributed by atoms with van der Waals surface area (Å²) in [6, 6.07) is 3.28. The molecule has 1 aromatic heterocycles. The molecule has 1 aliphatic carbocycles. The minimum atomic E-state index is -0.404. The highest BCUT2D eigenvalue weighted by atomic mass is 35.5. The Morgan fingerprint density at radius 2 is 2.29 bits per heavy atom. The van der Waals surface area contributed by atoms with Crippen molar-refractivity contribution in [2.24, 2.45) is 0 Å². The van der Waals surface area contributed by atoms with E-state index >= 15 is 0 Å². The van der Waals surface area contributed by atoms with Gasteiger partial charge in [0.15, 0.2) is 0 Å². The maximum Gasteiger partial charge on any atom is 0.251 e. The van der Waals surface area contributed by atoms with Gasteiger partial charge in [0.2, 0.25) is 0 Å². The summed E-state index contributed by atoms with van der Waals surface area (Å²) in [5.74, 6) is -0.199. The van der Waals surface area contributed by atoms with Crippen LogP contribution in [-0.4, -0.2) is 28.1 Å². The minimum absolute atomic E-state index is 0.0157. The van der Waals surface area contributed by atoms with E-state index in [9.17, 15) is 4.79 Å². The number of aromatic nitrogens is 1. The van der Waals surface area contributed by atoms with E-state index in [1.54, 1.807) is 12.1 Å². The molecule has 0 atom stereocenters. The topological polar surface area (TPSA) is 62.2 Å². The average Bonchev–Trinajstić information content (AvgIpc) is 3.08. The van der Waals surface area contributed by atoms with Crippen LogP contribution in [0, 0.1) is 0 Å². The summed E-state index contributed by atoms with van der Waals surface area (Å²) < 4.78 is 0. The van der Waals surface area contributed by atoms with Gasteiger partial charge in [0.05, 0.1) is 12.1 Å². The number of carbonyl (C=O) groups excluding carboxylic acids is 1. The number of halogens is 1. The smallest absolute Gasteiger partial charge is 0.251 e. The van der Waals surface area contributed by atoms with Crippen molar-refractivity contribution in [3.63, 3.8) is 0 Å². The van der Waals surface area contributed by atoms with Gasteiger partial charge in [-0.05, 0) is 31.4 Å². The van der Waals surface area contributed by atoms with E-state index in [-0.39, 0.29) is 12.5 Å². The number of hydrogen-bond donors (Lipinski definition) is 2. The van der Waals surface area contributed by atoms with Gasteiger partial charge in [-0.25, -0.2) is 4.98 Å². The van der Waals surface area contributed by atoms with Gasteiger partial charge in [0.25, 0.3) is 5.91 Å². The van der Waals surface area contributed by atoms with E-state index in [0.29, 0.717) is 10.7 Å². The van der Waals surface area contributed by atoms with E-state index in [0.717, 1.165) is 25.0 Å². The Morgan fingerprint density at radius 1 is 1.59 bits per heavy atom. The Morgan fingerprint density at radius 3 is 2.82 bits per heavy atom. The minimum Gasteiger partial charge on any atom is -0.394 e. The number of aryl methyl sites for hydroxylation is 1. The molecule has 1 saturated carbocycles. The lowest BCUT2D eigenvalue weighted by Crippen LogP contribution is -2.39. The SMILES string of the molecule is CCc1cc(C(=O)NC2(CO)CC2)cc(Cl)n1. The van der Waals surface area contributed by atoms with Crippen molar-refractivity contribution >= 4 is 17.5 Å². The number of nitrogens with zero attached hydrogens (tertiary/aromatic N) is 1. The molecule has 17 heavy (non-hydrogen) atoms. The summed E-state index contributed by atoms with van der Waals surface area (Å²) in [6.07, 6.45) is 2.38. The highest BCUT2D eigenvalue weighted by Crippen LogP contribution is 2.34. The second kappa shape index (κ2) is 4.63. The molecule has 1 amide bonds. The zero-order valence-electron chi connectivity index (χ0n) is 9.66. The number of amides is 1. The molecular weight excluding hydrogens is 240 g/mol. The number of hydrogen-bond acceptors (Lipinski definition) is 3. The fraction of sp³-hybridized carbons (Fsp3) is 0.500. The first-order valence-corrected chi connectivity index (χ1v) is 6.06. The number of carbonyl (C=O) groups is 1. The van der Waals surface area contributed by atoms with Crippen LogP contribution < -0.4 is 5.32 Å². The Bertz CT molecular complexity index is 444. The molecule has 1 aliphatic rings. The van der Waals surface area contributed by atoms with E-state index in [1.807, 2.05) is 6.92 Å². The molecule has 1 aromatic rings. The van der Waals surface area contributed by atoms with Crippen molar-refractivity contribution in [2.45, 2.75) is 31.7 Å². The molecule has 5 heteroatoms. The first-order valence-electron chi connectivity index (χ1n) is 5.68. The molecule has 0 aromatic carbocycles. The van der Waals surface area contributed by atoms with Crippen molar-refractivity contribution < 1.29 is 9.90 Å². The van der Waals surface area contributed by atoms with Crippen LogP contribution in [0.3, 0.4) is 0 Å². The van der Waals surface area contributed by atoms with E-state index in [1.165, 1.54) is 0 Å². The summed E-state index contributed by atoms with van der Waals surface area (Å²) in [6.45, 7) is 1.94. The predicted molar refractivity (Wildman–Crippen MR) is 65.1 cm³/mol. The van der Waals surface area contributed by atoms with Crippen LogP contribution in [0.2, 0.25) is 5.15 Å². The number of aliphatic hydroxyl groups is 1. The Labute approximate surface area is 105 Å². The third-order valence-electron chi connectivity index (χ3n) is 3.01. The monoisotopic (exact) mass is 254 g/mol. The Balaban J connectivity index is 2.16. The number of nitrogens with one attached hydrogen (secondary N) is 1. The maximum absolute atomic E-state index is 12.0. The first kappa shape index (κ1) is 12.3. The summed E-state index contributed by atoms with van der Waals surface area (Å²) in [7, 11) is 0. The molecule has 0 unspecified atom stereocenters. The molecule has 4 nitrogen and oxygen atoms in total. The molecule has 2 N–H and O–H groups in total. The van der Waals surface area contributed by atoms with E-state index in [4.69, 9.17) is 16.7 Å². The van der Waals surface area contributed by atoms with Gasteiger partial charge in [-0.2, -0.15) is 0 Å². The summed E-state index contributed by atoms with van der Waals surface area (Å²) in [5, 5.41) is 12.3. The number of pyridine rings is 1. The van der Waals surface area contributed by atoms with Crippen molar-refractivity contribution in [3.8, 4) is 0 Å². The van der Waals surface area contributed by atoms with Crippen molar-refractivity contribution in [3.05, 3.63) is 28.5 Å². The summed E-state index contributed by atoms with van der Waals surface area (Å²) >= 11 is 5.85. The van der Waals surface area contributed by atoms with E-state index < -0.39 is 5.54 Å². The Hall–Kier alpha value is -1.13. The van der Waals surface area contributed by atoms with Crippen molar-refractivity contribution in [1.82, 2.24) is 10.3 Å². The largest absolute Gasteiger partial charge is 0.394 e. The van der Waals surface area contributed by atoms with Crippen LogP contribution in [0.4, 0.5) is 0 Å². The standard InChI is InChI=1S/C12H15ClN2O2/c1-2-9-5-8(6-10(13)14-9)11(17)15-12(7-16)3-4-12/h5-6,16H,2-4,7H2,1H3,(H,15,17). The third-order valence-corrected chi connectivity index (χ3v) is 3.20. The van der Waals surface area contributed by atoms with E-state index in [2.05, 4.69) is 10.3 Å². The molecule has 0 aliphatic heterocycles. The zero-order valence-corrected chi connectivity index (χ0v) is 10.4. The molecule has 0 radical (unpaired) electrons. The van der Waals surface area contributed by atoms with Crippen LogP contribution in [-0.2, 0) is 6.42 Å². The highest BCUT2D eigenvalue weighted by Gasteiger charge is 2.43. The lowest BCUT2D eigenvalue weighted by molar-refractivity contribution is 0.0906. The van der Waals surface area contributed by atoms with Crippen LogP contribution in [0.1, 0.15) is 35.8 Å².